The van der Waals surface area contributed by atoms with Crippen LogP contribution >= 0.6 is 0 Å². The van der Waals surface area contributed by atoms with Crippen LogP contribution < -0.4 is 0 Å². The fraction of sp³-hybridized carbons (Fsp3) is 0.667. The molecule has 0 saturated heterocycles. The number of hydrogen-bond donors (Lipinski definition) is 0. The van der Waals surface area contributed by atoms with Crippen molar-refractivity contribution in [2.45, 2.75) is 50.5 Å². The Kier molecular flexibility index (Phi) is 2.11. The lowest BCUT2D eigenvalue weighted by Gasteiger charge is -2.30. The summed E-state index contributed by atoms with van der Waals surface area (Å²) in [6, 6.07) is 0.0619. The van der Waals surface area contributed by atoms with Gasteiger partial charge in [-0.25, -0.2) is 4.98 Å². The molecule has 1 aromatic heterocycles. The van der Waals surface area contributed by atoms with Crippen molar-refractivity contribution >= 4 is 6.29 Å². The molecule has 3 heteroatoms. The van der Waals surface area contributed by atoms with Gasteiger partial charge in [0, 0.05) is 17.8 Å². The second-order valence-corrected chi connectivity index (χ2v) is 4.70. The molecule has 2 aliphatic rings. The van der Waals surface area contributed by atoms with Gasteiger partial charge >= 0.3 is 0 Å². The van der Waals surface area contributed by atoms with Crippen LogP contribution in [0.4, 0.5) is 0 Å². The topological polar surface area (TPSA) is 34.9 Å². The Labute approximate surface area is 89.5 Å². The molecule has 0 radical (unpaired) electrons. The minimum Gasteiger partial charge on any atom is -0.322 e. The molecular formula is C12H16N2O. The van der Waals surface area contributed by atoms with Crippen LogP contribution in [-0.4, -0.2) is 15.8 Å². The van der Waals surface area contributed by atoms with Crippen molar-refractivity contribution in [2.24, 2.45) is 0 Å². The maximum Gasteiger partial charge on any atom is 0.142 e. The van der Waals surface area contributed by atoms with Gasteiger partial charge in [-0.3, -0.25) is 0 Å². The molecule has 15 heavy (non-hydrogen) atoms. The van der Waals surface area contributed by atoms with E-state index in [1.807, 2.05) is 6.20 Å². The largest absolute Gasteiger partial charge is 0.322 e. The first-order valence-corrected chi connectivity index (χ1v) is 5.91. The molecule has 3 nitrogen and oxygen atoms in total. The van der Waals surface area contributed by atoms with Gasteiger partial charge in [0.1, 0.15) is 12.1 Å². The fourth-order valence-corrected chi connectivity index (χ4v) is 2.70. The van der Waals surface area contributed by atoms with E-state index in [-0.39, 0.29) is 6.04 Å². The molecule has 1 fully saturated rings. The third kappa shape index (κ3) is 1.33. The Morgan fingerprint density at radius 3 is 2.87 bits per heavy atom. The number of carbonyl (C=O) groups excluding carboxylic acids is 1. The highest BCUT2D eigenvalue weighted by molar-refractivity contribution is 5.56. The van der Waals surface area contributed by atoms with E-state index in [2.05, 4.69) is 9.55 Å². The average molecular weight is 204 g/mol. The van der Waals surface area contributed by atoms with E-state index in [4.69, 9.17) is 0 Å². The van der Waals surface area contributed by atoms with Crippen LogP contribution in [0.5, 0.6) is 0 Å². The van der Waals surface area contributed by atoms with Crippen LogP contribution in [0.1, 0.15) is 55.6 Å². The molecule has 0 aromatic carbocycles. The van der Waals surface area contributed by atoms with Gasteiger partial charge in [0.05, 0.1) is 6.04 Å². The number of imidazole rings is 1. The minimum atomic E-state index is 0.0619. The number of nitrogens with zero attached hydrogens (tertiary/aromatic N) is 2. The summed E-state index contributed by atoms with van der Waals surface area (Å²) in [6.07, 6.45) is 10.1. The third-order valence-electron chi connectivity index (χ3n) is 3.79. The molecule has 0 spiro atoms. The zero-order valence-electron chi connectivity index (χ0n) is 8.85. The van der Waals surface area contributed by atoms with Gasteiger partial charge in [0.25, 0.3) is 0 Å². The third-order valence-corrected chi connectivity index (χ3v) is 3.79. The van der Waals surface area contributed by atoms with Crippen molar-refractivity contribution in [3.8, 4) is 0 Å². The van der Waals surface area contributed by atoms with E-state index in [0.717, 1.165) is 25.5 Å². The molecule has 1 unspecified atom stereocenters. The predicted octanol–water partition coefficient (Wildman–Crippen LogP) is 2.23. The Morgan fingerprint density at radius 1 is 1.33 bits per heavy atom. The highest BCUT2D eigenvalue weighted by Crippen LogP contribution is 2.38. The lowest BCUT2D eigenvalue weighted by molar-refractivity contribution is -0.111. The molecule has 0 bridgehead atoms. The van der Waals surface area contributed by atoms with Crippen molar-refractivity contribution in [3.05, 3.63) is 17.7 Å². The molecule has 3 rings (SSSR count). The quantitative estimate of drug-likeness (QED) is 0.692. The van der Waals surface area contributed by atoms with E-state index in [1.54, 1.807) is 0 Å². The number of rotatable bonds is 2. The van der Waals surface area contributed by atoms with E-state index >= 15 is 0 Å². The number of hydrogen-bond acceptors (Lipinski definition) is 2. The van der Waals surface area contributed by atoms with Gasteiger partial charge < -0.3 is 9.36 Å². The van der Waals surface area contributed by atoms with Crippen LogP contribution in [-0.2, 0) is 11.2 Å². The van der Waals surface area contributed by atoms with Crippen molar-refractivity contribution in [1.82, 2.24) is 9.55 Å². The summed E-state index contributed by atoms with van der Waals surface area (Å²) in [6.45, 7) is 0. The summed E-state index contributed by atoms with van der Waals surface area (Å²) in [7, 11) is 0. The Bertz CT molecular complexity index is 379. The van der Waals surface area contributed by atoms with Crippen LogP contribution in [0.2, 0.25) is 0 Å². The van der Waals surface area contributed by atoms with E-state index in [0.29, 0.717) is 5.92 Å². The number of fused-ring (bicyclic) bond motifs is 1. The highest BCUT2D eigenvalue weighted by Gasteiger charge is 2.29. The maximum absolute atomic E-state index is 11.1. The van der Waals surface area contributed by atoms with Gasteiger partial charge in [-0.2, -0.15) is 0 Å². The molecule has 1 saturated carbocycles. The maximum atomic E-state index is 11.1. The van der Waals surface area contributed by atoms with E-state index in [1.165, 1.54) is 30.8 Å². The second-order valence-electron chi connectivity index (χ2n) is 4.70. The van der Waals surface area contributed by atoms with Gasteiger partial charge in [0.2, 0.25) is 0 Å². The second kappa shape index (κ2) is 3.47. The monoisotopic (exact) mass is 204 g/mol. The molecule has 80 valence electrons. The standard InChI is InChI=1S/C12H16N2O/c15-8-11-6-2-5-10-7-13-12(14(10)11)9-3-1-4-9/h7-9,11H,1-6H2. The summed E-state index contributed by atoms with van der Waals surface area (Å²) in [4.78, 5) is 15.6. The molecule has 1 atom stereocenters. The van der Waals surface area contributed by atoms with E-state index in [9.17, 15) is 4.79 Å². The SMILES string of the molecule is O=CC1CCCc2cnc(C3CCC3)n21. The van der Waals surface area contributed by atoms with Gasteiger partial charge in [-0.05, 0) is 32.1 Å². The summed E-state index contributed by atoms with van der Waals surface area (Å²) >= 11 is 0. The fourth-order valence-electron chi connectivity index (χ4n) is 2.70. The Hall–Kier alpha value is -1.12. The van der Waals surface area contributed by atoms with Crippen LogP contribution in [0.3, 0.4) is 0 Å². The lowest BCUT2D eigenvalue weighted by Crippen LogP contribution is -2.24. The molecule has 0 amide bonds. The lowest BCUT2D eigenvalue weighted by atomic mass is 9.84. The summed E-state index contributed by atoms with van der Waals surface area (Å²) in [5.41, 5.74) is 1.26. The van der Waals surface area contributed by atoms with Crippen molar-refractivity contribution in [2.75, 3.05) is 0 Å². The van der Waals surface area contributed by atoms with Crippen LogP contribution in [0.15, 0.2) is 6.20 Å². The first kappa shape index (κ1) is 9.13. The van der Waals surface area contributed by atoms with Crippen LogP contribution in [0, 0.1) is 0 Å². The Balaban J connectivity index is 2.01. The number of aromatic nitrogens is 2. The Morgan fingerprint density at radius 2 is 2.20 bits per heavy atom. The molecule has 1 aromatic rings. The molecule has 1 aliphatic carbocycles. The molecule has 2 heterocycles. The van der Waals surface area contributed by atoms with Crippen molar-refractivity contribution in [1.29, 1.82) is 0 Å². The average Bonchev–Trinajstić information content (AvgIpc) is 2.59. The highest BCUT2D eigenvalue weighted by atomic mass is 16.1. The number of carbonyl (C=O) groups is 1. The first-order chi connectivity index (χ1) is 7.40. The van der Waals surface area contributed by atoms with Gasteiger partial charge in [-0.15, -0.1) is 0 Å². The minimum absolute atomic E-state index is 0.0619. The summed E-state index contributed by atoms with van der Waals surface area (Å²) in [5, 5.41) is 0. The predicted molar refractivity (Wildman–Crippen MR) is 56.9 cm³/mol. The number of aryl methyl sites for hydroxylation is 1. The molecule has 1 aliphatic heterocycles. The number of aldehydes is 1. The molecule has 0 N–H and O–H groups in total. The normalized spacial score (nSPS) is 25.7. The zero-order chi connectivity index (χ0) is 10.3. The zero-order valence-corrected chi connectivity index (χ0v) is 8.85. The van der Waals surface area contributed by atoms with Gasteiger partial charge in [-0.1, -0.05) is 6.42 Å². The first-order valence-electron chi connectivity index (χ1n) is 5.91. The summed E-state index contributed by atoms with van der Waals surface area (Å²) in [5.74, 6) is 1.80. The van der Waals surface area contributed by atoms with Crippen molar-refractivity contribution < 1.29 is 4.79 Å². The van der Waals surface area contributed by atoms with Crippen molar-refractivity contribution in [3.63, 3.8) is 0 Å². The summed E-state index contributed by atoms with van der Waals surface area (Å²) < 4.78 is 2.21. The smallest absolute Gasteiger partial charge is 0.142 e. The van der Waals surface area contributed by atoms with Gasteiger partial charge in [0.15, 0.2) is 0 Å². The molecular weight excluding hydrogens is 188 g/mol. The van der Waals surface area contributed by atoms with Crippen LogP contribution in [0.25, 0.3) is 0 Å². The van der Waals surface area contributed by atoms with E-state index < -0.39 is 0 Å².